The summed E-state index contributed by atoms with van der Waals surface area (Å²) in [5.41, 5.74) is 0. The normalized spacial score (nSPS) is 12.4. The van der Waals surface area contributed by atoms with Crippen LogP contribution in [0.3, 0.4) is 0 Å². The first kappa shape index (κ1) is 38.9. The average Bonchev–Trinajstić information content (AvgIpc) is 2.92. The van der Waals surface area contributed by atoms with E-state index in [1.54, 1.807) is 0 Å². The first-order chi connectivity index (χ1) is 19.1. The third-order valence-electron chi connectivity index (χ3n) is 8.43. The average molecular weight is 564 g/mol. The van der Waals surface area contributed by atoms with Crippen molar-refractivity contribution in [2.24, 2.45) is 0 Å². The predicted octanol–water partition coefficient (Wildman–Crippen LogP) is 15.0. The molecule has 0 atom stereocenters. The molecule has 0 spiro atoms. The van der Waals surface area contributed by atoms with Crippen LogP contribution in [0.5, 0.6) is 0 Å². The number of hydrogen-bond acceptors (Lipinski definition) is 0. The van der Waals surface area contributed by atoms with Gasteiger partial charge in [-0.3, -0.25) is 0 Å². The first-order valence-corrected chi connectivity index (χ1v) is 21.1. The highest BCUT2D eigenvalue weighted by Crippen LogP contribution is 2.54. The Morgan fingerprint density at radius 2 is 0.513 bits per heavy atom. The van der Waals surface area contributed by atoms with E-state index in [0.29, 0.717) is 0 Å². The molecular formula is C38H76P+. The molecule has 0 aromatic heterocycles. The maximum absolute atomic E-state index is 2.55. The van der Waals surface area contributed by atoms with Crippen LogP contribution in [0.25, 0.3) is 0 Å². The summed E-state index contributed by atoms with van der Waals surface area (Å²) in [6.45, 7) is 9.55. The van der Waals surface area contributed by atoms with E-state index in [9.17, 15) is 0 Å². The van der Waals surface area contributed by atoms with Crippen molar-refractivity contribution in [3.8, 4) is 0 Å². The van der Waals surface area contributed by atoms with Gasteiger partial charge in [0.2, 0.25) is 0 Å². The van der Waals surface area contributed by atoms with Gasteiger partial charge < -0.3 is 0 Å². The molecule has 0 aromatic carbocycles. The molecule has 39 heavy (non-hydrogen) atoms. The summed E-state index contributed by atoms with van der Waals surface area (Å²) in [4.78, 5) is 0. The van der Waals surface area contributed by atoms with Gasteiger partial charge in [0, 0.05) is 0 Å². The third kappa shape index (κ3) is 34.0. The van der Waals surface area contributed by atoms with Crippen molar-refractivity contribution < 1.29 is 0 Å². The minimum absolute atomic E-state index is 0.980. The van der Waals surface area contributed by atoms with E-state index in [2.05, 4.69) is 51.0 Å². The lowest BCUT2D eigenvalue weighted by Gasteiger charge is -2.07. The van der Waals surface area contributed by atoms with E-state index in [4.69, 9.17) is 0 Å². The number of hydrogen-bond donors (Lipinski definition) is 0. The van der Waals surface area contributed by atoms with Gasteiger partial charge in [0.1, 0.15) is 0 Å². The molecule has 0 unspecified atom stereocenters. The Balaban J connectivity index is 3.42. The molecule has 0 bridgehead atoms. The fourth-order valence-corrected chi connectivity index (χ4v) is 7.14. The van der Waals surface area contributed by atoms with Crippen molar-refractivity contribution in [1.82, 2.24) is 0 Å². The molecule has 0 saturated heterocycles. The Bertz CT molecular complexity index is 459. The predicted molar refractivity (Wildman–Crippen MR) is 187 cm³/mol. The summed E-state index contributed by atoms with van der Waals surface area (Å²) in [6, 6.07) is 0. The van der Waals surface area contributed by atoms with E-state index in [-0.39, 0.29) is 0 Å². The molecule has 1 heteroatoms. The molecule has 0 nitrogen and oxygen atoms in total. The van der Waals surface area contributed by atoms with E-state index in [1.807, 2.05) is 0 Å². The van der Waals surface area contributed by atoms with Crippen molar-refractivity contribution in [2.45, 2.75) is 206 Å². The Labute approximate surface area is 250 Å². The van der Waals surface area contributed by atoms with Gasteiger partial charge in [-0.25, -0.2) is 0 Å². The number of unbranched alkanes of at least 4 members (excludes halogenated alkanes) is 28. The van der Waals surface area contributed by atoms with Gasteiger partial charge in [0.25, 0.3) is 0 Å². The second kappa shape index (κ2) is 32.4. The van der Waals surface area contributed by atoms with Crippen molar-refractivity contribution >= 4 is 7.26 Å². The molecule has 0 aliphatic heterocycles. The zero-order valence-corrected chi connectivity index (χ0v) is 28.9. The van der Waals surface area contributed by atoms with Gasteiger partial charge in [-0.05, 0) is 37.8 Å². The molecule has 0 amide bonds. The summed E-state index contributed by atoms with van der Waals surface area (Å²) >= 11 is 0. The van der Waals surface area contributed by atoms with Crippen LogP contribution in [-0.4, -0.2) is 13.3 Å². The maximum Gasteiger partial charge on any atom is 0.0588 e. The summed E-state index contributed by atoms with van der Waals surface area (Å²) in [6.07, 6.45) is 48.1. The molecular weight excluding hydrogens is 487 g/mol. The van der Waals surface area contributed by atoms with Crippen LogP contribution in [-0.2, 0) is 0 Å². The summed E-state index contributed by atoms with van der Waals surface area (Å²) in [5, 5.41) is 0. The highest BCUT2D eigenvalue weighted by Gasteiger charge is 2.15. The Morgan fingerprint density at radius 1 is 0.308 bits per heavy atom. The van der Waals surface area contributed by atoms with Crippen LogP contribution in [0, 0.1) is 0 Å². The number of allylic oxidation sites excluding steroid dienone is 2. The third-order valence-corrected chi connectivity index (χ3v) is 10.4. The Morgan fingerprint density at radius 3 is 0.744 bits per heavy atom. The fraction of sp³-hybridized carbons (Fsp3) is 0.895. The molecule has 0 saturated carbocycles. The van der Waals surface area contributed by atoms with Crippen molar-refractivity contribution in [2.75, 3.05) is 13.3 Å². The smallest absolute Gasteiger partial charge is 0.0588 e. The second-order valence-electron chi connectivity index (χ2n) is 13.2. The quantitative estimate of drug-likeness (QED) is 0.0564. The molecule has 0 aliphatic rings. The van der Waals surface area contributed by atoms with E-state index >= 15 is 0 Å². The second-order valence-corrected chi connectivity index (χ2v) is 17.0. The molecule has 0 aromatic rings. The largest absolute Gasteiger partial charge is 0.0654 e. The van der Waals surface area contributed by atoms with E-state index in [0.717, 1.165) is 0 Å². The van der Waals surface area contributed by atoms with Crippen LogP contribution in [0.2, 0.25) is 0 Å². The molecule has 0 rings (SSSR count). The molecule has 0 aliphatic carbocycles. The Hall–Kier alpha value is -0.0900. The maximum atomic E-state index is 2.55. The molecule has 232 valence electrons. The SMILES string of the molecule is CCCCCCCCCCCCCCCC/C=C/[P+](C)(C)/C=C/CCCCCCCCCCCCCCCC. The highest BCUT2D eigenvalue weighted by molar-refractivity contribution is 7.80. The lowest BCUT2D eigenvalue weighted by Crippen LogP contribution is -1.83. The molecule has 0 N–H and O–H groups in total. The van der Waals surface area contributed by atoms with Gasteiger partial charge in [0.05, 0.1) is 32.2 Å². The van der Waals surface area contributed by atoms with Crippen LogP contribution in [0.15, 0.2) is 23.8 Å². The van der Waals surface area contributed by atoms with Crippen molar-refractivity contribution in [1.29, 1.82) is 0 Å². The summed E-state index contributed by atoms with van der Waals surface area (Å²) in [5.74, 6) is 5.11. The van der Waals surface area contributed by atoms with Gasteiger partial charge in [-0.2, -0.15) is 0 Å². The topological polar surface area (TPSA) is 0 Å². The minimum atomic E-state index is -0.980. The van der Waals surface area contributed by atoms with E-state index < -0.39 is 7.26 Å². The monoisotopic (exact) mass is 564 g/mol. The zero-order valence-electron chi connectivity index (χ0n) is 28.0. The van der Waals surface area contributed by atoms with Crippen LogP contribution in [0.1, 0.15) is 206 Å². The van der Waals surface area contributed by atoms with Crippen molar-refractivity contribution in [3.05, 3.63) is 23.8 Å². The van der Waals surface area contributed by atoms with Crippen LogP contribution < -0.4 is 0 Å². The Kier molecular flexibility index (Phi) is 32.4. The minimum Gasteiger partial charge on any atom is -0.0654 e. The van der Waals surface area contributed by atoms with E-state index in [1.165, 1.54) is 193 Å². The summed E-state index contributed by atoms with van der Waals surface area (Å²) in [7, 11) is -0.980. The zero-order chi connectivity index (χ0) is 28.5. The standard InChI is InChI=1S/C38H76P/c1-5-7-9-11-13-15-17-19-21-23-25-27-29-31-33-35-37-39(3,4)38-36-34-32-30-28-26-24-22-20-18-16-14-12-10-8-6-2/h35-38H,5-34H2,1-4H3/q+1/b37-35+,38-36+. The molecule has 0 heterocycles. The van der Waals surface area contributed by atoms with Crippen molar-refractivity contribution in [3.63, 3.8) is 0 Å². The molecule has 0 fully saturated rings. The first-order valence-electron chi connectivity index (χ1n) is 18.3. The van der Waals surface area contributed by atoms with Gasteiger partial charge in [0.15, 0.2) is 0 Å². The fourth-order valence-electron chi connectivity index (χ4n) is 5.66. The number of rotatable bonds is 32. The lowest BCUT2D eigenvalue weighted by molar-refractivity contribution is 0.536. The van der Waals surface area contributed by atoms with Crippen LogP contribution >= 0.6 is 7.26 Å². The lowest BCUT2D eigenvalue weighted by atomic mass is 10.0. The van der Waals surface area contributed by atoms with Crippen LogP contribution in [0.4, 0.5) is 0 Å². The van der Waals surface area contributed by atoms with Gasteiger partial charge >= 0.3 is 0 Å². The van der Waals surface area contributed by atoms with Gasteiger partial charge in [-0.15, -0.1) is 0 Å². The summed E-state index contributed by atoms with van der Waals surface area (Å²) < 4.78 is 0. The van der Waals surface area contributed by atoms with Gasteiger partial charge in [-0.1, -0.05) is 181 Å². The highest BCUT2D eigenvalue weighted by atomic mass is 31.2. The molecule has 0 radical (unpaired) electrons.